The van der Waals surface area contributed by atoms with Crippen LogP contribution in [-0.2, 0) is 12.8 Å². The Morgan fingerprint density at radius 3 is 2.30 bits per heavy atom. The maximum atomic E-state index is 6.57. The first-order valence-electron chi connectivity index (χ1n) is 11.4. The Labute approximate surface area is 182 Å². The lowest BCUT2D eigenvalue weighted by molar-refractivity contribution is 0.0377. The van der Waals surface area contributed by atoms with E-state index in [-0.39, 0.29) is 5.60 Å². The molecular weight excluding hydrogens is 370 g/mol. The van der Waals surface area contributed by atoms with E-state index in [0.717, 1.165) is 50.6 Å². The summed E-state index contributed by atoms with van der Waals surface area (Å²) in [6.45, 7) is 15.4. The van der Waals surface area contributed by atoms with Gasteiger partial charge in [-0.1, -0.05) is 30.3 Å². The molecule has 162 valence electrons. The Kier molecular flexibility index (Phi) is 6.08. The molecule has 2 aliphatic rings. The Morgan fingerprint density at radius 2 is 1.60 bits per heavy atom. The molecule has 0 bridgehead atoms. The Morgan fingerprint density at radius 1 is 0.933 bits per heavy atom. The predicted octanol–water partition coefficient (Wildman–Crippen LogP) is 4.14. The number of benzene rings is 2. The molecule has 2 aromatic carbocycles. The van der Waals surface area contributed by atoms with E-state index >= 15 is 0 Å². The second kappa shape index (κ2) is 8.60. The molecule has 1 unspecified atom stereocenters. The van der Waals surface area contributed by atoms with Crippen LogP contribution >= 0.6 is 0 Å². The number of nitrogen functional groups attached to an aromatic ring is 1. The molecule has 2 N–H and O–H groups in total. The van der Waals surface area contributed by atoms with E-state index in [9.17, 15) is 0 Å². The molecule has 4 rings (SSSR count). The van der Waals surface area contributed by atoms with Crippen molar-refractivity contribution in [2.24, 2.45) is 0 Å². The molecule has 1 fully saturated rings. The predicted molar refractivity (Wildman–Crippen MR) is 125 cm³/mol. The van der Waals surface area contributed by atoms with Crippen molar-refractivity contribution >= 4 is 5.69 Å². The number of aryl methyl sites for hydroxylation is 1. The smallest absolute Gasteiger partial charge is 0.127 e. The van der Waals surface area contributed by atoms with Crippen LogP contribution in [0.4, 0.5) is 5.69 Å². The van der Waals surface area contributed by atoms with Crippen LogP contribution in [0.3, 0.4) is 0 Å². The molecule has 0 saturated carbocycles. The number of nitrogens with two attached hydrogens (primary N) is 1. The number of fused-ring (bicyclic) bond motifs is 1. The van der Waals surface area contributed by atoms with Crippen molar-refractivity contribution in [2.75, 3.05) is 45.0 Å². The van der Waals surface area contributed by atoms with Gasteiger partial charge in [-0.3, -0.25) is 4.90 Å². The van der Waals surface area contributed by atoms with Gasteiger partial charge in [0, 0.05) is 50.4 Å². The van der Waals surface area contributed by atoms with Crippen molar-refractivity contribution < 1.29 is 4.74 Å². The number of nitrogens with zero attached hydrogens (tertiary/aromatic N) is 2. The lowest BCUT2D eigenvalue weighted by atomic mass is 9.91. The van der Waals surface area contributed by atoms with Crippen LogP contribution in [-0.4, -0.2) is 54.7 Å². The summed E-state index contributed by atoms with van der Waals surface area (Å²) in [5.74, 6) is 1.08. The highest BCUT2D eigenvalue weighted by Gasteiger charge is 2.39. The molecule has 0 aromatic heterocycles. The maximum absolute atomic E-state index is 6.57. The van der Waals surface area contributed by atoms with Gasteiger partial charge in [-0.15, -0.1) is 0 Å². The molecule has 1 atom stereocenters. The van der Waals surface area contributed by atoms with E-state index in [1.807, 2.05) is 0 Å². The molecule has 2 aliphatic heterocycles. The number of ether oxygens (including phenoxy) is 1. The highest BCUT2D eigenvalue weighted by Crippen LogP contribution is 2.43. The fraction of sp³-hybridized carbons (Fsp3) is 0.538. The summed E-state index contributed by atoms with van der Waals surface area (Å²) in [5, 5.41) is 0. The van der Waals surface area contributed by atoms with Crippen molar-refractivity contribution in [2.45, 2.75) is 52.6 Å². The van der Waals surface area contributed by atoms with Crippen molar-refractivity contribution in [1.82, 2.24) is 9.80 Å². The average molecular weight is 408 g/mol. The van der Waals surface area contributed by atoms with Crippen LogP contribution in [0.15, 0.2) is 30.3 Å². The SMILES string of the molecule is Cc1c(C)c2c(c(C)c1N)CC(C)(CN1CCN(CCCc3ccccc3)CC1)O2. The highest BCUT2D eigenvalue weighted by molar-refractivity contribution is 5.66. The zero-order chi connectivity index (χ0) is 21.3. The summed E-state index contributed by atoms with van der Waals surface area (Å²) in [6.07, 6.45) is 3.36. The number of rotatable bonds is 6. The van der Waals surface area contributed by atoms with Crippen molar-refractivity contribution in [1.29, 1.82) is 0 Å². The van der Waals surface area contributed by atoms with Gasteiger partial charge in [0.05, 0.1) is 0 Å². The Balaban J connectivity index is 1.28. The minimum Gasteiger partial charge on any atom is -0.485 e. The molecule has 0 aliphatic carbocycles. The lowest BCUT2D eigenvalue weighted by Gasteiger charge is -2.38. The summed E-state index contributed by atoms with van der Waals surface area (Å²) in [6, 6.07) is 10.8. The summed E-state index contributed by atoms with van der Waals surface area (Å²) < 4.78 is 6.57. The van der Waals surface area contributed by atoms with Gasteiger partial charge in [0.25, 0.3) is 0 Å². The van der Waals surface area contributed by atoms with Gasteiger partial charge >= 0.3 is 0 Å². The Bertz CT molecular complexity index is 848. The van der Waals surface area contributed by atoms with Crippen molar-refractivity contribution in [3.63, 3.8) is 0 Å². The molecule has 30 heavy (non-hydrogen) atoms. The van der Waals surface area contributed by atoms with Gasteiger partial charge in [-0.2, -0.15) is 0 Å². The standard InChI is InChI=1S/C26H37N3O/c1-19-20(2)25-23(21(3)24(19)27)17-26(4,30-25)18-29-15-13-28(14-16-29)12-8-11-22-9-6-5-7-10-22/h5-7,9-10H,8,11-18,27H2,1-4H3. The zero-order valence-corrected chi connectivity index (χ0v) is 19.1. The van der Waals surface area contributed by atoms with Gasteiger partial charge in [-0.05, 0) is 69.3 Å². The maximum Gasteiger partial charge on any atom is 0.127 e. The van der Waals surface area contributed by atoms with Crippen molar-refractivity contribution in [3.8, 4) is 5.75 Å². The zero-order valence-electron chi connectivity index (χ0n) is 19.1. The summed E-state index contributed by atoms with van der Waals surface area (Å²) in [7, 11) is 0. The molecule has 2 aromatic rings. The minimum absolute atomic E-state index is 0.159. The fourth-order valence-corrected chi connectivity index (χ4v) is 5.10. The lowest BCUT2D eigenvalue weighted by Crippen LogP contribution is -2.52. The molecular formula is C26H37N3O. The molecule has 0 amide bonds. The summed E-state index contributed by atoms with van der Waals surface area (Å²) >= 11 is 0. The summed E-state index contributed by atoms with van der Waals surface area (Å²) in [5.41, 5.74) is 13.5. The number of hydrogen-bond acceptors (Lipinski definition) is 4. The monoisotopic (exact) mass is 407 g/mol. The van der Waals surface area contributed by atoms with Gasteiger partial charge < -0.3 is 15.4 Å². The van der Waals surface area contributed by atoms with Crippen LogP contribution in [0.5, 0.6) is 5.75 Å². The number of anilines is 1. The Hall–Kier alpha value is -2.04. The molecule has 4 heteroatoms. The highest BCUT2D eigenvalue weighted by atomic mass is 16.5. The molecule has 4 nitrogen and oxygen atoms in total. The third-order valence-corrected chi connectivity index (χ3v) is 7.14. The van der Waals surface area contributed by atoms with Crippen LogP contribution < -0.4 is 10.5 Å². The first-order chi connectivity index (χ1) is 14.4. The first kappa shape index (κ1) is 21.2. The van der Waals surface area contributed by atoms with E-state index in [2.05, 4.69) is 67.8 Å². The summed E-state index contributed by atoms with van der Waals surface area (Å²) in [4.78, 5) is 5.20. The van der Waals surface area contributed by atoms with E-state index in [0.29, 0.717) is 0 Å². The molecule has 1 saturated heterocycles. The van der Waals surface area contributed by atoms with Crippen LogP contribution in [0.2, 0.25) is 0 Å². The van der Waals surface area contributed by atoms with Gasteiger partial charge in [-0.25, -0.2) is 0 Å². The number of piperazine rings is 1. The van der Waals surface area contributed by atoms with E-state index in [4.69, 9.17) is 10.5 Å². The molecule has 2 heterocycles. The van der Waals surface area contributed by atoms with E-state index in [1.165, 1.54) is 47.2 Å². The van der Waals surface area contributed by atoms with E-state index in [1.54, 1.807) is 0 Å². The van der Waals surface area contributed by atoms with Crippen molar-refractivity contribution in [3.05, 3.63) is 58.1 Å². The minimum atomic E-state index is -0.159. The molecule has 0 spiro atoms. The van der Waals surface area contributed by atoms with Gasteiger partial charge in [0.1, 0.15) is 11.4 Å². The topological polar surface area (TPSA) is 41.7 Å². The third kappa shape index (κ3) is 4.35. The van der Waals surface area contributed by atoms with Gasteiger partial charge in [0.2, 0.25) is 0 Å². The number of hydrogen-bond donors (Lipinski definition) is 1. The quantitative estimate of drug-likeness (QED) is 0.731. The van der Waals surface area contributed by atoms with Gasteiger partial charge in [0.15, 0.2) is 0 Å². The van der Waals surface area contributed by atoms with Crippen LogP contribution in [0.25, 0.3) is 0 Å². The first-order valence-corrected chi connectivity index (χ1v) is 11.4. The third-order valence-electron chi connectivity index (χ3n) is 7.14. The van der Waals surface area contributed by atoms with Crippen LogP contribution in [0, 0.1) is 20.8 Å². The fourth-order valence-electron chi connectivity index (χ4n) is 5.10. The van der Waals surface area contributed by atoms with Crippen LogP contribution in [0.1, 0.15) is 41.2 Å². The largest absolute Gasteiger partial charge is 0.485 e. The molecule has 0 radical (unpaired) electrons. The second-order valence-corrected chi connectivity index (χ2v) is 9.53. The second-order valence-electron chi connectivity index (χ2n) is 9.53. The normalized spacial score (nSPS) is 22.1. The van der Waals surface area contributed by atoms with E-state index < -0.39 is 0 Å². The average Bonchev–Trinajstić information content (AvgIpc) is 3.10.